The third-order valence-electron chi connectivity index (χ3n) is 4.08. The number of hydrogen-bond acceptors (Lipinski definition) is 6. The highest BCUT2D eigenvalue weighted by molar-refractivity contribution is 5.80. The van der Waals surface area contributed by atoms with Crippen LogP contribution in [0.4, 0.5) is 0 Å². The monoisotopic (exact) mass is 379 g/mol. The third-order valence-corrected chi connectivity index (χ3v) is 4.08. The molecular formula is C20H21N5O3. The van der Waals surface area contributed by atoms with Gasteiger partial charge < -0.3 is 9.64 Å². The molecule has 8 nitrogen and oxygen atoms in total. The summed E-state index contributed by atoms with van der Waals surface area (Å²) >= 11 is 0. The second-order valence-corrected chi connectivity index (χ2v) is 6.41. The number of amides is 1. The molecule has 0 radical (unpaired) electrons. The van der Waals surface area contributed by atoms with Gasteiger partial charge in [0.05, 0.1) is 0 Å². The molecule has 3 aromatic rings. The second kappa shape index (κ2) is 8.90. The molecule has 0 aliphatic carbocycles. The molecule has 0 N–H and O–H groups in total. The summed E-state index contributed by atoms with van der Waals surface area (Å²) in [6, 6.07) is 17.2. The summed E-state index contributed by atoms with van der Waals surface area (Å²) in [5.41, 5.74) is 2.93. The van der Waals surface area contributed by atoms with Crippen molar-refractivity contribution in [1.82, 2.24) is 25.1 Å². The zero-order valence-corrected chi connectivity index (χ0v) is 15.8. The fraction of sp³-hybridized carbons (Fsp3) is 0.250. The minimum Gasteiger partial charge on any atom is -0.454 e. The molecule has 2 aromatic carbocycles. The van der Waals surface area contributed by atoms with E-state index in [0.717, 1.165) is 21.5 Å². The van der Waals surface area contributed by atoms with Crippen molar-refractivity contribution in [3.63, 3.8) is 0 Å². The van der Waals surface area contributed by atoms with Crippen LogP contribution in [0.5, 0.6) is 0 Å². The lowest BCUT2D eigenvalue weighted by Crippen LogP contribution is -2.31. The van der Waals surface area contributed by atoms with Gasteiger partial charge in [-0.25, -0.2) is 4.79 Å². The van der Waals surface area contributed by atoms with E-state index in [1.54, 1.807) is 7.05 Å². The van der Waals surface area contributed by atoms with Crippen LogP contribution in [0.1, 0.15) is 11.1 Å². The van der Waals surface area contributed by atoms with Gasteiger partial charge in [0.25, 0.3) is 5.91 Å². The Bertz CT molecular complexity index is 938. The zero-order chi connectivity index (χ0) is 19.9. The minimum absolute atomic E-state index is 0.214. The molecule has 0 atom stereocenters. The van der Waals surface area contributed by atoms with E-state index in [1.807, 2.05) is 61.5 Å². The van der Waals surface area contributed by atoms with Gasteiger partial charge in [-0.3, -0.25) is 4.79 Å². The molecule has 0 saturated heterocycles. The highest BCUT2D eigenvalue weighted by atomic mass is 16.5. The van der Waals surface area contributed by atoms with Crippen LogP contribution < -0.4 is 0 Å². The first-order chi connectivity index (χ1) is 13.5. The number of tetrazole rings is 1. The van der Waals surface area contributed by atoms with Gasteiger partial charge in [-0.2, -0.15) is 4.80 Å². The van der Waals surface area contributed by atoms with Crippen molar-refractivity contribution in [3.8, 4) is 11.4 Å². The molecule has 1 amide bonds. The number of aromatic nitrogens is 4. The van der Waals surface area contributed by atoms with E-state index >= 15 is 0 Å². The summed E-state index contributed by atoms with van der Waals surface area (Å²) in [5, 5.41) is 12.0. The summed E-state index contributed by atoms with van der Waals surface area (Å²) in [4.78, 5) is 26.7. The maximum absolute atomic E-state index is 12.1. The van der Waals surface area contributed by atoms with E-state index in [1.165, 1.54) is 4.90 Å². The lowest BCUT2D eigenvalue weighted by Gasteiger charge is -2.17. The fourth-order valence-electron chi connectivity index (χ4n) is 2.49. The molecule has 0 fully saturated rings. The van der Waals surface area contributed by atoms with Crippen molar-refractivity contribution in [2.45, 2.75) is 20.0 Å². The molecule has 0 aliphatic rings. The van der Waals surface area contributed by atoms with E-state index in [4.69, 9.17) is 4.74 Å². The van der Waals surface area contributed by atoms with Crippen molar-refractivity contribution in [1.29, 1.82) is 0 Å². The molecule has 3 rings (SSSR count). The van der Waals surface area contributed by atoms with Crippen molar-refractivity contribution in [2.75, 3.05) is 13.7 Å². The number of benzene rings is 2. The van der Waals surface area contributed by atoms with Gasteiger partial charge in [0.15, 0.2) is 13.2 Å². The lowest BCUT2D eigenvalue weighted by molar-refractivity contribution is -0.152. The van der Waals surface area contributed by atoms with Gasteiger partial charge in [-0.15, -0.1) is 10.2 Å². The molecule has 144 valence electrons. The molecule has 0 bridgehead atoms. The Kier molecular flexibility index (Phi) is 6.11. The highest BCUT2D eigenvalue weighted by Gasteiger charge is 2.14. The fourth-order valence-corrected chi connectivity index (χ4v) is 2.49. The number of ether oxygens (including phenoxy) is 1. The Balaban J connectivity index is 1.48. The third kappa shape index (κ3) is 5.23. The molecular weight excluding hydrogens is 358 g/mol. The predicted molar refractivity (Wildman–Crippen MR) is 102 cm³/mol. The minimum atomic E-state index is -0.602. The van der Waals surface area contributed by atoms with E-state index < -0.39 is 5.97 Å². The normalized spacial score (nSPS) is 10.5. The van der Waals surface area contributed by atoms with Crippen molar-refractivity contribution in [3.05, 3.63) is 65.7 Å². The maximum Gasteiger partial charge on any atom is 0.330 e. The molecule has 0 saturated carbocycles. The van der Waals surface area contributed by atoms with E-state index in [0.29, 0.717) is 12.4 Å². The Hall–Kier alpha value is -3.55. The van der Waals surface area contributed by atoms with Crippen LogP contribution in [0.15, 0.2) is 54.6 Å². The quantitative estimate of drug-likeness (QED) is 0.582. The smallest absolute Gasteiger partial charge is 0.330 e. The van der Waals surface area contributed by atoms with Gasteiger partial charge in [-0.05, 0) is 17.7 Å². The highest BCUT2D eigenvalue weighted by Crippen LogP contribution is 2.13. The second-order valence-electron chi connectivity index (χ2n) is 6.41. The van der Waals surface area contributed by atoms with Crippen molar-refractivity contribution in [2.24, 2.45) is 0 Å². The van der Waals surface area contributed by atoms with Crippen LogP contribution in [0, 0.1) is 6.92 Å². The van der Waals surface area contributed by atoms with E-state index in [9.17, 15) is 9.59 Å². The summed E-state index contributed by atoms with van der Waals surface area (Å²) in [7, 11) is 1.66. The predicted octanol–water partition coefficient (Wildman–Crippen LogP) is 1.85. The topological polar surface area (TPSA) is 90.2 Å². The molecule has 0 spiro atoms. The number of esters is 1. The van der Waals surface area contributed by atoms with Gasteiger partial charge in [-0.1, -0.05) is 60.2 Å². The van der Waals surface area contributed by atoms with Gasteiger partial charge in [0.1, 0.15) is 0 Å². The van der Waals surface area contributed by atoms with Gasteiger partial charge >= 0.3 is 5.97 Å². The van der Waals surface area contributed by atoms with Crippen LogP contribution in [0.25, 0.3) is 11.4 Å². The lowest BCUT2D eigenvalue weighted by atomic mass is 10.1. The summed E-state index contributed by atoms with van der Waals surface area (Å²) in [6.45, 7) is 1.89. The first kappa shape index (κ1) is 19.2. The first-order valence-corrected chi connectivity index (χ1v) is 8.79. The first-order valence-electron chi connectivity index (χ1n) is 8.79. The Labute approximate surface area is 162 Å². The Morgan fingerprint density at radius 1 is 1.07 bits per heavy atom. The summed E-state index contributed by atoms with van der Waals surface area (Å²) in [6.07, 6.45) is 0. The molecule has 1 aromatic heterocycles. The van der Waals surface area contributed by atoms with Crippen LogP contribution in [-0.4, -0.2) is 50.6 Å². The largest absolute Gasteiger partial charge is 0.454 e. The molecule has 0 unspecified atom stereocenters. The Morgan fingerprint density at radius 3 is 2.50 bits per heavy atom. The van der Waals surface area contributed by atoms with Crippen molar-refractivity contribution >= 4 is 11.9 Å². The van der Waals surface area contributed by atoms with Crippen LogP contribution in [0.2, 0.25) is 0 Å². The summed E-state index contributed by atoms with van der Waals surface area (Å²) < 4.78 is 5.04. The number of aryl methyl sites for hydroxylation is 1. The standard InChI is InChI=1S/C20H21N5O3/c1-15-8-10-17(11-9-15)20-21-23-25(22-20)13-19(27)28-14-18(26)24(2)12-16-6-4-3-5-7-16/h3-11H,12-14H2,1-2H3. The molecule has 8 heteroatoms. The van der Waals surface area contributed by atoms with Crippen molar-refractivity contribution < 1.29 is 14.3 Å². The number of likely N-dealkylation sites (N-methyl/N-ethyl adjacent to an activating group) is 1. The van der Waals surface area contributed by atoms with Crippen LogP contribution >= 0.6 is 0 Å². The van der Waals surface area contributed by atoms with Gasteiger partial charge in [0.2, 0.25) is 5.82 Å². The maximum atomic E-state index is 12.1. The number of carbonyl (C=O) groups excluding carboxylic acids is 2. The van der Waals surface area contributed by atoms with Crippen LogP contribution in [0.3, 0.4) is 0 Å². The van der Waals surface area contributed by atoms with E-state index in [2.05, 4.69) is 15.4 Å². The Morgan fingerprint density at radius 2 is 1.79 bits per heavy atom. The number of hydrogen-bond donors (Lipinski definition) is 0. The van der Waals surface area contributed by atoms with E-state index in [-0.39, 0.29) is 19.1 Å². The van der Waals surface area contributed by atoms with Crippen LogP contribution in [-0.2, 0) is 27.4 Å². The molecule has 28 heavy (non-hydrogen) atoms. The number of carbonyl (C=O) groups is 2. The average molecular weight is 379 g/mol. The number of nitrogens with zero attached hydrogens (tertiary/aromatic N) is 5. The molecule has 0 aliphatic heterocycles. The summed E-state index contributed by atoms with van der Waals surface area (Å²) in [5.74, 6) is -0.468. The average Bonchev–Trinajstić information content (AvgIpc) is 3.15. The molecule has 1 heterocycles. The van der Waals surface area contributed by atoms with Gasteiger partial charge in [0, 0.05) is 19.2 Å². The SMILES string of the molecule is Cc1ccc(-c2nnn(CC(=O)OCC(=O)N(C)Cc3ccccc3)n2)cc1. The zero-order valence-electron chi connectivity index (χ0n) is 15.8. The number of rotatable bonds is 7.